The van der Waals surface area contributed by atoms with Crippen molar-refractivity contribution in [2.24, 2.45) is 0 Å². The van der Waals surface area contributed by atoms with E-state index in [-0.39, 0.29) is 16.4 Å². The van der Waals surface area contributed by atoms with E-state index in [1.807, 2.05) is 36.4 Å². The standard InChI is InChI=1S/C23H20ClFN2/c24-22-19(25)13-20-18(21(22)16-7-3-1-4-8-16)14-23(15-26-11-12-27(20)23)17-9-5-2-6-10-17/h1-10,13,26H,11-12,14-15H2/t23-/m1/s1. The fourth-order valence-corrected chi connectivity index (χ4v) is 4.96. The van der Waals surface area contributed by atoms with E-state index in [1.165, 1.54) is 5.56 Å². The zero-order chi connectivity index (χ0) is 18.4. The van der Waals surface area contributed by atoms with Gasteiger partial charge in [0.05, 0.1) is 10.6 Å². The van der Waals surface area contributed by atoms with Crippen LogP contribution >= 0.6 is 11.6 Å². The van der Waals surface area contributed by atoms with Gasteiger partial charge in [0.2, 0.25) is 0 Å². The van der Waals surface area contributed by atoms with Crippen LogP contribution in [0.15, 0.2) is 66.7 Å². The van der Waals surface area contributed by atoms with Crippen molar-refractivity contribution in [3.05, 3.63) is 88.7 Å². The number of benzene rings is 3. The number of nitrogens with one attached hydrogen (secondary N) is 1. The van der Waals surface area contributed by atoms with E-state index < -0.39 is 0 Å². The third kappa shape index (κ3) is 2.49. The minimum Gasteiger partial charge on any atom is -0.359 e. The molecule has 2 nitrogen and oxygen atoms in total. The van der Waals surface area contributed by atoms with Crippen molar-refractivity contribution in [1.29, 1.82) is 0 Å². The van der Waals surface area contributed by atoms with E-state index in [0.717, 1.165) is 48.4 Å². The van der Waals surface area contributed by atoms with Crippen LogP contribution in [0.1, 0.15) is 11.1 Å². The maximum absolute atomic E-state index is 14.8. The summed E-state index contributed by atoms with van der Waals surface area (Å²) in [6.07, 6.45) is 0.809. The molecule has 0 saturated carbocycles. The van der Waals surface area contributed by atoms with Crippen LogP contribution in [0.2, 0.25) is 5.02 Å². The maximum atomic E-state index is 14.8. The second kappa shape index (κ2) is 6.36. The average Bonchev–Trinajstić information content (AvgIpc) is 3.05. The monoisotopic (exact) mass is 378 g/mol. The van der Waals surface area contributed by atoms with Gasteiger partial charge in [-0.15, -0.1) is 0 Å². The molecule has 1 saturated heterocycles. The van der Waals surface area contributed by atoms with Gasteiger partial charge >= 0.3 is 0 Å². The van der Waals surface area contributed by atoms with Crippen molar-refractivity contribution in [1.82, 2.24) is 5.32 Å². The van der Waals surface area contributed by atoms with E-state index in [9.17, 15) is 4.39 Å². The molecule has 0 unspecified atom stereocenters. The number of halogens is 2. The highest BCUT2D eigenvalue weighted by Gasteiger charge is 2.48. The summed E-state index contributed by atoms with van der Waals surface area (Å²) in [4.78, 5) is 2.38. The van der Waals surface area contributed by atoms with E-state index in [1.54, 1.807) is 6.07 Å². The number of nitrogens with zero attached hydrogens (tertiary/aromatic N) is 1. The molecule has 2 aliphatic heterocycles. The van der Waals surface area contributed by atoms with Crippen LogP contribution in [0, 0.1) is 5.82 Å². The molecule has 1 atom stereocenters. The number of rotatable bonds is 2. The van der Waals surface area contributed by atoms with Gasteiger partial charge in [0.25, 0.3) is 0 Å². The highest BCUT2D eigenvalue weighted by molar-refractivity contribution is 6.34. The van der Waals surface area contributed by atoms with Crippen molar-refractivity contribution in [2.45, 2.75) is 12.0 Å². The lowest BCUT2D eigenvalue weighted by Gasteiger charge is -2.45. The average molecular weight is 379 g/mol. The molecule has 0 radical (unpaired) electrons. The summed E-state index contributed by atoms with van der Waals surface area (Å²) < 4.78 is 14.8. The predicted octanol–water partition coefficient (Wildman–Crippen LogP) is 5.01. The van der Waals surface area contributed by atoms with Gasteiger partial charge < -0.3 is 10.2 Å². The smallest absolute Gasteiger partial charge is 0.144 e. The van der Waals surface area contributed by atoms with Crippen molar-refractivity contribution >= 4 is 17.3 Å². The molecule has 2 heterocycles. The van der Waals surface area contributed by atoms with Crippen LogP contribution in [0.4, 0.5) is 10.1 Å². The Morgan fingerprint density at radius 3 is 2.44 bits per heavy atom. The summed E-state index contributed by atoms with van der Waals surface area (Å²) in [6, 6.07) is 22.1. The van der Waals surface area contributed by atoms with Crippen LogP contribution in [-0.4, -0.2) is 19.6 Å². The van der Waals surface area contributed by atoms with Gasteiger partial charge in [-0.25, -0.2) is 4.39 Å². The summed E-state index contributed by atoms with van der Waals surface area (Å²) in [6.45, 7) is 2.56. The minimum absolute atomic E-state index is 0.206. The molecular weight excluding hydrogens is 359 g/mol. The van der Waals surface area contributed by atoms with E-state index in [4.69, 9.17) is 11.6 Å². The molecule has 2 aliphatic rings. The molecule has 4 heteroatoms. The molecule has 0 amide bonds. The number of piperazine rings is 1. The lowest BCUT2D eigenvalue weighted by molar-refractivity contribution is 0.350. The molecule has 3 aromatic rings. The largest absolute Gasteiger partial charge is 0.359 e. The maximum Gasteiger partial charge on any atom is 0.144 e. The molecule has 1 N–H and O–H groups in total. The van der Waals surface area contributed by atoms with Gasteiger partial charge in [0.1, 0.15) is 5.82 Å². The fourth-order valence-electron chi connectivity index (χ4n) is 4.68. The zero-order valence-electron chi connectivity index (χ0n) is 14.9. The third-order valence-corrected chi connectivity index (χ3v) is 6.25. The first-order valence-electron chi connectivity index (χ1n) is 9.31. The second-order valence-electron chi connectivity index (χ2n) is 7.31. The Bertz CT molecular complexity index is 990. The minimum atomic E-state index is -0.350. The van der Waals surface area contributed by atoms with Gasteiger partial charge in [-0.2, -0.15) is 0 Å². The molecular formula is C23H20ClFN2. The lowest BCUT2D eigenvalue weighted by atomic mass is 9.83. The summed E-state index contributed by atoms with van der Waals surface area (Å²) in [5.74, 6) is -0.350. The Balaban J connectivity index is 1.75. The summed E-state index contributed by atoms with van der Waals surface area (Å²) in [5.41, 5.74) is 4.96. The topological polar surface area (TPSA) is 15.3 Å². The van der Waals surface area contributed by atoms with E-state index >= 15 is 0 Å². The molecule has 1 fully saturated rings. The van der Waals surface area contributed by atoms with E-state index in [2.05, 4.69) is 34.5 Å². The highest BCUT2D eigenvalue weighted by Crippen LogP contribution is 2.51. The fraction of sp³-hybridized carbons (Fsp3) is 0.217. The Morgan fingerprint density at radius 2 is 1.70 bits per heavy atom. The van der Waals surface area contributed by atoms with Crippen molar-refractivity contribution in [3.63, 3.8) is 0 Å². The van der Waals surface area contributed by atoms with Crippen LogP contribution in [0.5, 0.6) is 0 Å². The van der Waals surface area contributed by atoms with Crippen LogP contribution < -0.4 is 10.2 Å². The number of anilines is 1. The van der Waals surface area contributed by atoms with Gasteiger partial charge in [-0.05, 0) is 22.8 Å². The van der Waals surface area contributed by atoms with E-state index in [0.29, 0.717) is 0 Å². The summed E-state index contributed by atoms with van der Waals surface area (Å²) >= 11 is 6.49. The first kappa shape index (κ1) is 16.8. The third-order valence-electron chi connectivity index (χ3n) is 5.88. The normalized spacial score (nSPS) is 21.0. The Labute approximate surface area is 163 Å². The molecule has 136 valence electrons. The van der Waals surface area contributed by atoms with Gasteiger partial charge in [-0.3, -0.25) is 0 Å². The molecule has 27 heavy (non-hydrogen) atoms. The Kier molecular flexibility index (Phi) is 3.96. The van der Waals surface area contributed by atoms with Crippen LogP contribution in [0.25, 0.3) is 11.1 Å². The molecule has 3 aromatic carbocycles. The summed E-state index contributed by atoms with van der Waals surface area (Å²) in [7, 11) is 0. The Hall–Kier alpha value is -2.36. The number of hydrogen-bond donors (Lipinski definition) is 1. The SMILES string of the molecule is Fc1cc2c(c(-c3ccccc3)c1Cl)C[C@]1(c3ccccc3)CNCCN21. The second-order valence-corrected chi connectivity index (χ2v) is 7.69. The molecule has 0 aromatic heterocycles. The highest BCUT2D eigenvalue weighted by atomic mass is 35.5. The van der Waals surface area contributed by atoms with Crippen molar-refractivity contribution in [3.8, 4) is 11.1 Å². The van der Waals surface area contributed by atoms with Crippen molar-refractivity contribution in [2.75, 3.05) is 24.5 Å². The van der Waals surface area contributed by atoms with Crippen LogP contribution in [-0.2, 0) is 12.0 Å². The zero-order valence-corrected chi connectivity index (χ0v) is 15.6. The Morgan fingerprint density at radius 1 is 1.00 bits per heavy atom. The van der Waals surface area contributed by atoms with Crippen LogP contribution in [0.3, 0.4) is 0 Å². The van der Waals surface area contributed by atoms with Gasteiger partial charge in [0, 0.05) is 37.3 Å². The quantitative estimate of drug-likeness (QED) is 0.674. The first-order chi connectivity index (χ1) is 13.2. The predicted molar refractivity (Wildman–Crippen MR) is 109 cm³/mol. The molecule has 0 spiro atoms. The molecule has 0 bridgehead atoms. The number of fused-ring (bicyclic) bond motifs is 3. The van der Waals surface area contributed by atoms with Crippen molar-refractivity contribution < 1.29 is 4.39 Å². The molecule has 5 rings (SSSR count). The van der Waals surface area contributed by atoms with Gasteiger partial charge in [-0.1, -0.05) is 72.3 Å². The summed E-state index contributed by atoms with van der Waals surface area (Å²) in [5, 5.41) is 3.77. The van der Waals surface area contributed by atoms with Gasteiger partial charge in [0.15, 0.2) is 0 Å². The molecule has 0 aliphatic carbocycles. The number of hydrogen-bond acceptors (Lipinski definition) is 2. The lowest BCUT2D eigenvalue weighted by Crippen LogP contribution is -2.57. The first-order valence-corrected chi connectivity index (χ1v) is 9.69.